The summed E-state index contributed by atoms with van der Waals surface area (Å²) in [6, 6.07) is 13.3. The number of carbonyl (C=O) groups is 2. The molecule has 0 saturated heterocycles. The lowest BCUT2D eigenvalue weighted by Gasteiger charge is -2.33. The molecule has 1 fully saturated rings. The van der Waals surface area contributed by atoms with Crippen LogP contribution in [-0.2, 0) is 26.2 Å². The first-order valence-electron chi connectivity index (χ1n) is 13.2. The van der Waals surface area contributed by atoms with Crippen molar-refractivity contribution in [3.8, 4) is 0 Å². The molecule has 0 aliphatic heterocycles. The monoisotopic (exact) mass is 581 g/mol. The molecule has 2 amide bonds. The van der Waals surface area contributed by atoms with Crippen LogP contribution in [0.2, 0.25) is 10.0 Å². The Balaban J connectivity index is 1.75. The molecule has 0 radical (unpaired) electrons. The van der Waals surface area contributed by atoms with E-state index in [2.05, 4.69) is 5.32 Å². The molecule has 1 aliphatic carbocycles. The van der Waals surface area contributed by atoms with E-state index in [1.165, 1.54) is 10.7 Å². The lowest BCUT2D eigenvalue weighted by atomic mass is 9.95. The number of anilines is 1. The van der Waals surface area contributed by atoms with E-state index in [4.69, 9.17) is 23.2 Å². The van der Waals surface area contributed by atoms with E-state index in [9.17, 15) is 18.0 Å². The summed E-state index contributed by atoms with van der Waals surface area (Å²) in [6.07, 6.45) is 7.27. The van der Waals surface area contributed by atoms with Crippen LogP contribution < -0.4 is 9.62 Å². The molecule has 1 aliphatic rings. The Morgan fingerprint density at radius 3 is 2.32 bits per heavy atom. The molecule has 38 heavy (non-hydrogen) atoms. The summed E-state index contributed by atoms with van der Waals surface area (Å²) >= 11 is 12.1. The molecule has 1 saturated carbocycles. The quantitative estimate of drug-likeness (QED) is 0.343. The standard InChI is InChI=1S/C28H37Cl2N3O4S/c1-3-26(28(35)31-24-10-5-4-6-11-24)32(20-21-14-16-22(29)17-15-21)27(34)13-8-18-33(38(2,36)37)25-12-7-9-23(30)19-25/h7,9,12,14-17,19,24,26H,3-6,8,10-11,13,18,20H2,1-2H3,(H,31,35)/t26-/m1/s1. The number of hydrogen-bond acceptors (Lipinski definition) is 4. The van der Waals surface area contributed by atoms with Crippen molar-refractivity contribution >= 4 is 50.7 Å². The molecule has 2 aromatic carbocycles. The van der Waals surface area contributed by atoms with E-state index in [1.54, 1.807) is 41.3 Å². The number of sulfonamides is 1. The summed E-state index contributed by atoms with van der Waals surface area (Å²) in [5.74, 6) is -0.344. The topological polar surface area (TPSA) is 86.8 Å². The molecule has 0 aromatic heterocycles. The van der Waals surface area contributed by atoms with Crippen LogP contribution in [0.3, 0.4) is 0 Å². The Morgan fingerprint density at radius 1 is 1.03 bits per heavy atom. The third kappa shape index (κ3) is 8.89. The van der Waals surface area contributed by atoms with E-state index in [0.717, 1.165) is 37.5 Å². The van der Waals surface area contributed by atoms with Crippen LogP contribution >= 0.6 is 23.2 Å². The summed E-state index contributed by atoms with van der Waals surface area (Å²) in [5.41, 5.74) is 1.31. The Labute approximate surface area is 236 Å². The first-order chi connectivity index (χ1) is 18.1. The smallest absolute Gasteiger partial charge is 0.243 e. The average Bonchev–Trinajstić information content (AvgIpc) is 2.87. The van der Waals surface area contributed by atoms with Gasteiger partial charge >= 0.3 is 0 Å². The number of carbonyl (C=O) groups excluding carboxylic acids is 2. The van der Waals surface area contributed by atoms with Crippen molar-refractivity contribution in [2.24, 2.45) is 0 Å². The van der Waals surface area contributed by atoms with Crippen molar-refractivity contribution in [1.82, 2.24) is 10.2 Å². The number of nitrogens with one attached hydrogen (secondary N) is 1. The molecule has 10 heteroatoms. The van der Waals surface area contributed by atoms with E-state index in [0.29, 0.717) is 22.2 Å². The number of halogens is 2. The number of rotatable bonds is 12. The van der Waals surface area contributed by atoms with E-state index < -0.39 is 16.1 Å². The van der Waals surface area contributed by atoms with Gasteiger partial charge in [-0.1, -0.05) is 67.6 Å². The highest BCUT2D eigenvalue weighted by Crippen LogP contribution is 2.23. The first-order valence-corrected chi connectivity index (χ1v) is 15.8. The van der Waals surface area contributed by atoms with Crippen LogP contribution in [0.25, 0.3) is 0 Å². The second kappa shape index (κ2) is 14.2. The maximum Gasteiger partial charge on any atom is 0.243 e. The number of nitrogens with zero attached hydrogens (tertiary/aromatic N) is 2. The normalized spacial score (nSPS) is 15.1. The molecule has 208 valence electrons. The van der Waals surface area contributed by atoms with Crippen LogP contribution in [0.4, 0.5) is 5.69 Å². The van der Waals surface area contributed by atoms with Gasteiger partial charge in [-0.2, -0.15) is 0 Å². The van der Waals surface area contributed by atoms with Gasteiger partial charge in [-0.3, -0.25) is 13.9 Å². The summed E-state index contributed by atoms with van der Waals surface area (Å²) in [7, 11) is -3.58. The van der Waals surface area contributed by atoms with Crippen molar-refractivity contribution in [3.63, 3.8) is 0 Å². The molecule has 0 spiro atoms. The number of amides is 2. The Hall–Kier alpha value is -2.29. The molecule has 0 unspecified atom stereocenters. The number of benzene rings is 2. The molecule has 7 nitrogen and oxygen atoms in total. The predicted octanol–water partition coefficient (Wildman–Crippen LogP) is 5.80. The minimum atomic E-state index is -3.58. The lowest BCUT2D eigenvalue weighted by Crippen LogP contribution is -2.51. The zero-order valence-corrected chi connectivity index (χ0v) is 24.4. The second-order valence-electron chi connectivity index (χ2n) is 9.83. The molecule has 1 N–H and O–H groups in total. The van der Waals surface area contributed by atoms with Gasteiger partial charge in [0.2, 0.25) is 21.8 Å². The first kappa shape index (κ1) is 30.3. The van der Waals surface area contributed by atoms with Crippen molar-refractivity contribution < 1.29 is 18.0 Å². The van der Waals surface area contributed by atoms with E-state index in [1.807, 2.05) is 19.1 Å². The average molecular weight is 583 g/mol. The molecule has 1 atom stereocenters. The van der Waals surface area contributed by atoms with Gasteiger partial charge in [-0.25, -0.2) is 8.42 Å². The summed E-state index contributed by atoms with van der Waals surface area (Å²) in [6.45, 7) is 2.28. The summed E-state index contributed by atoms with van der Waals surface area (Å²) in [4.78, 5) is 28.5. The van der Waals surface area contributed by atoms with Crippen LogP contribution in [0.15, 0.2) is 48.5 Å². The highest BCUT2D eigenvalue weighted by Gasteiger charge is 2.30. The molecular weight excluding hydrogens is 545 g/mol. The van der Waals surface area contributed by atoms with Crippen LogP contribution in [-0.4, -0.2) is 50.0 Å². The van der Waals surface area contributed by atoms with Crippen LogP contribution in [0, 0.1) is 0 Å². The van der Waals surface area contributed by atoms with Gasteiger partial charge in [0.25, 0.3) is 0 Å². The Kier molecular flexibility index (Phi) is 11.3. The maximum atomic E-state index is 13.6. The summed E-state index contributed by atoms with van der Waals surface area (Å²) < 4.78 is 26.2. The Bertz CT molecular complexity index is 1180. The highest BCUT2D eigenvalue weighted by molar-refractivity contribution is 7.92. The highest BCUT2D eigenvalue weighted by atomic mass is 35.5. The van der Waals surface area contributed by atoms with Gasteiger partial charge in [-0.15, -0.1) is 0 Å². The number of hydrogen-bond donors (Lipinski definition) is 1. The van der Waals surface area contributed by atoms with Gasteiger partial charge in [0.1, 0.15) is 6.04 Å². The minimum absolute atomic E-state index is 0.0907. The summed E-state index contributed by atoms with van der Waals surface area (Å²) in [5, 5.41) is 4.19. The van der Waals surface area contributed by atoms with Crippen LogP contribution in [0.5, 0.6) is 0 Å². The van der Waals surface area contributed by atoms with Crippen molar-refractivity contribution in [1.29, 1.82) is 0 Å². The van der Waals surface area contributed by atoms with E-state index >= 15 is 0 Å². The van der Waals surface area contributed by atoms with Crippen molar-refractivity contribution in [2.75, 3.05) is 17.1 Å². The van der Waals surface area contributed by atoms with Crippen molar-refractivity contribution in [3.05, 3.63) is 64.1 Å². The lowest BCUT2D eigenvalue weighted by molar-refractivity contribution is -0.141. The minimum Gasteiger partial charge on any atom is -0.352 e. The fourth-order valence-electron chi connectivity index (χ4n) is 4.89. The second-order valence-corrected chi connectivity index (χ2v) is 12.6. The molecule has 3 rings (SSSR count). The zero-order chi connectivity index (χ0) is 27.7. The third-order valence-electron chi connectivity index (χ3n) is 6.85. The van der Waals surface area contributed by atoms with Gasteiger partial charge in [-0.05, 0) is 61.6 Å². The zero-order valence-electron chi connectivity index (χ0n) is 22.0. The Morgan fingerprint density at radius 2 is 1.71 bits per heavy atom. The fraction of sp³-hybridized carbons (Fsp3) is 0.500. The largest absolute Gasteiger partial charge is 0.352 e. The van der Waals surface area contributed by atoms with Gasteiger partial charge < -0.3 is 10.2 Å². The molecule has 2 aromatic rings. The van der Waals surface area contributed by atoms with Crippen molar-refractivity contribution in [2.45, 2.75) is 76.9 Å². The SMILES string of the molecule is CC[C@H](C(=O)NC1CCCCC1)N(Cc1ccc(Cl)cc1)C(=O)CCCN(c1cccc(Cl)c1)S(C)(=O)=O. The van der Waals surface area contributed by atoms with E-state index in [-0.39, 0.29) is 43.8 Å². The fourth-order valence-corrected chi connectivity index (χ4v) is 6.15. The van der Waals surface area contributed by atoms with Gasteiger partial charge in [0.05, 0.1) is 11.9 Å². The van der Waals surface area contributed by atoms with Gasteiger partial charge in [0, 0.05) is 35.6 Å². The molecule has 0 bridgehead atoms. The third-order valence-corrected chi connectivity index (χ3v) is 8.53. The maximum absolute atomic E-state index is 13.6. The molecular formula is C28H37Cl2N3O4S. The predicted molar refractivity (Wildman–Crippen MR) is 154 cm³/mol. The molecule has 0 heterocycles. The van der Waals surface area contributed by atoms with Gasteiger partial charge in [0.15, 0.2) is 0 Å². The van der Waals surface area contributed by atoms with Crippen LogP contribution in [0.1, 0.15) is 63.9 Å².